The van der Waals surface area contributed by atoms with Crippen LogP contribution in [-0.4, -0.2) is 47.5 Å². The number of urea groups is 1. The summed E-state index contributed by atoms with van der Waals surface area (Å²) in [6.45, 7) is 3.38. The van der Waals surface area contributed by atoms with Crippen LogP contribution in [0.3, 0.4) is 0 Å². The van der Waals surface area contributed by atoms with E-state index < -0.39 is 35.4 Å². The first-order chi connectivity index (χ1) is 21.6. The summed E-state index contributed by atoms with van der Waals surface area (Å²) in [5, 5.41) is 23.3. The van der Waals surface area contributed by atoms with Gasteiger partial charge in [-0.1, -0.05) is 66.2 Å². The molecule has 0 bridgehead atoms. The molecule has 0 radical (unpaired) electrons. The molecule has 0 aromatic heterocycles. The third kappa shape index (κ3) is 5.58. The number of carbonyl (C=O) groups excluding carboxylic acids is 2. The minimum absolute atomic E-state index is 0.292. The fourth-order valence-electron chi connectivity index (χ4n) is 6.39. The lowest BCUT2D eigenvalue weighted by atomic mass is 9.71. The highest BCUT2D eigenvalue weighted by Gasteiger charge is 2.65. The summed E-state index contributed by atoms with van der Waals surface area (Å²) in [7, 11) is 2.97. The number of benzene rings is 4. The Hall–Kier alpha value is -5.62. The number of carboxylic acids is 1. The molecule has 4 unspecified atom stereocenters. The molecule has 45 heavy (non-hydrogen) atoms. The average Bonchev–Trinajstić information content (AvgIpc) is 3.35. The Labute approximate surface area is 261 Å². The van der Waals surface area contributed by atoms with E-state index >= 15 is 0 Å². The first kappa shape index (κ1) is 30.8. The van der Waals surface area contributed by atoms with Crippen molar-refractivity contribution >= 4 is 23.5 Å². The number of carbonyl (C=O) groups is 3. The molecule has 1 aliphatic heterocycles. The van der Waals surface area contributed by atoms with Gasteiger partial charge in [0.25, 0.3) is 0 Å². The maximum absolute atomic E-state index is 14.7. The van der Waals surface area contributed by atoms with Gasteiger partial charge in [0.05, 0.1) is 37.8 Å². The second kappa shape index (κ2) is 12.5. The lowest BCUT2D eigenvalue weighted by Gasteiger charge is -2.38. The Morgan fingerprint density at radius 3 is 2.16 bits per heavy atom. The van der Waals surface area contributed by atoms with Crippen LogP contribution in [0.4, 0.5) is 10.5 Å². The van der Waals surface area contributed by atoms with Crippen LogP contribution in [0.15, 0.2) is 97.1 Å². The summed E-state index contributed by atoms with van der Waals surface area (Å²) in [5.74, 6) is -2.95. The number of methoxy groups -OCH3 is 2. The molecule has 1 fully saturated rings. The quantitative estimate of drug-likeness (QED) is 0.217. The number of rotatable bonds is 8. The van der Waals surface area contributed by atoms with Crippen molar-refractivity contribution in [3.8, 4) is 17.6 Å². The predicted octanol–water partition coefficient (Wildman–Crippen LogP) is 6.60. The molecule has 5 rings (SSSR count). The predicted molar refractivity (Wildman–Crippen MR) is 169 cm³/mol. The highest BCUT2D eigenvalue weighted by atomic mass is 16.5. The zero-order valence-electron chi connectivity index (χ0n) is 25.4. The number of nitrogens with one attached hydrogen (secondary N) is 1. The van der Waals surface area contributed by atoms with Gasteiger partial charge >= 0.3 is 12.0 Å². The van der Waals surface area contributed by atoms with E-state index in [2.05, 4.69) is 11.4 Å². The molecular formula is C36H33N3O6. The van der Waals surface area contributed by atoms with E-state index in [9.17, 15) is 24.8 Å². The highest BCUT2D eigenvalue weighted by Crippen LogP contribution is 2.57. The van der Waals surface area contributed by atoms with Crippen molar-refractivity contribution in [2.24, 2.45) is 5.92 Å². The molecule has 0 saturated carbocycles. The second-order valence-corrected chi connectivity index (χ2v) is 11.1. The molecule has 1 aliphatic rings. The van der Waals surface area contributed by atoms with Crippen molar-refractivity contribution < 1.29 is 29.0 Å². The summed E-state index contributed by atoms with van der Waals surface area (Å²) in [5.41, 5.74) is 1.21. The van der Waals surface area contributed by atoms with Crippen molar-refractivity contribution in [3.05, 3.63) is 125 Å². The number of amides is 2. The van der Waals surface area contributed by atoms with E-state index in [1.807, 2.05) is 31.2 Å². The van der Waals surface area contributed by atoms with Gasteiger partial charge < -0.3 is 19.9 Å². The topological polar surface area (TPSA) is 129 Å². The summed E-state index contributed by atoms with van der Waals surface area (Å²) < 4.78 is 11.0. The van der Waals surface area contributed by atoms with Gasteiger partial charge in [-0.25, -0.2) is 9.59 Å². The highest BCUT2D eigenvalue weighted by molar-refractivity contribution is 6.03. The zero-order valence-corrected chi connectivity index (χ0v) is 25.4. The minimum Gasteiger partial charge on any atom is -0.493 e. The standard InChI is InChI=1S/C36H33N3O6/c1-22-9-8-10-26(19-22)32-30(33(40)24-15-13-23(21-37)14-16-24)31(25-17-18-28(44-3)29(20-25)45-4)36(2,34(41)42)39(32)35(43)38-27-11-6-5-7-12-27/h5-20,30-32H,1-4H3,(H,38,43)(H,41,42). The van der Waals surface area contributed by atoms with Gasteiger partial charge in [-0.3, -0.25) is 9.69 Å². The maximum Gasteiger partial charge on any atom is 0.330 e. The van der Waals surface area contributed by atoms with Crippen LogP contribution in [0.25, 0.3) is 0 Å². The monoisotopic (exact) mass is 603 g/mol. The molecule has 2 amide bonds. The van der Waals surface area contributed by atoms with Gasteiger partial charge in [0.1, 0.15) is 5.54 Å². The van der Waals surface area contributed by atoms with Crippen LogP contribution in [0.5, 0.6) is 11.5 Å². The second-order valence-electron chi connectivity index (χ2n) is 11.1. The van der Waals surface area contributed by atoms with Crippen LogP contribution in [0.2, 0.25) is 0 Å². The lowest BCUT2D eigenvalue weighted by molar-refractivity contribution is -0.148. The molecule has 9 heteroatoms. The van der Waals surface area contributed by atoms with Gasteiger partial charge in [-0.2, -0.15) is 5.26 Å². The van der Waals surface area contributed by atoms with Crippen LogP contribution in [-0.2, 0) is 4.79 Å². The average molecular weight is 604 g/mol. The number of aliphatic carboxylic acids is 1. The first-order valence-corrected chi connectivity index (χ1v) is 14.4. The lowest BCUT2D eigenvalue weighted by Crippen LogP contribution is -2.55. The number of Topliss-reactive ketones (excluding diaryl/α,β-unsaturated/α-hetero) is 1. The van der Waals surface area contributed by atoms with Crippen molar-refractivity contribution in [2.75, 3.05) is 19.5 Å². The van der Waals surface area contributed by atoms with Crippen molar-refractivity contribution in [1.29, 1.82) is 5.26 Å². The van der Waals surface area contributed by atoms with Crippen LogP contribution in [0.1, 0.15) is 51.5 Å². The smallest absolute Gasteiger partial charge is 0.330 e. The molecule has 4 aromatic carbocycles. The largest absolute Gasteiger partial charge is 0.493 e. The van der Waals surface area contributed by atoms with Gasteiger partial charge in [0.2, 0.25) is 0 Å². The number of hydrogen-bond donors (Lipinski definition) is 2. The molecule has 2 N–H and O–H groups in total. The third-order valence-corrected chi connectivity index (χ3v) is 8.51. The Morgan fingerprint density at radius 2 is 1.56 bits per heavy atom. The molecule has 4 atom stereocenters. The Kier molecular flexibility index (Phi) is 8.59. The molecule has 0 spiro atoms. The van der Waals surface area contributed by atoms with E-state index in [1.54, 1.807) is 72.8 Å². The molecular weight excluding hydrogens is 570 g/mol. The molecule has 9 nitrogen and oxygen atoms in total. The minimum atomic E-state index is -1.92. The van der Waals surface area contributed by atoms with E-state index in [4.69, 9.17) is 9.47 Å². The number of aryl methyl sites for hydroxylation is 1. The number of carboxylic acid groups (broad SMARTS) is 1. The van der Waals surface area contributed by atoms with Crippen LogP contribution >= 0.6 is 0 Å². The summed E-state index contributed by atoms with van der Waals surface area (Å²) in [6, 6.07) is 27.8. The molecule has 1 heterocycles. The normalized spacial score (nSPS) is 20.6. The summed E-state index contributed by atoms with van der Waals surface area (Å²) >= 11 is 0. The summed E-state index contributed by atoms with van der Waals surface area (Å²) in [4.78, 5) is 43.9. The SMILES string of the molecule is COc1ccc(C2C(C(=O)c3ccc(C#N)cc3)C(c3cccc(C)c3)N(C(=O)Nc3ccccc3)C2(C)C(=O)O)cc1OC. The van der Waals surface area contributed by atoms with Gasteiger partial charge in [0, 0.05) is 17.2 Å². The van der Waals surface area contributed by atoms with E-state index in [1.165, 1.54) is 26.0 Å². The number of anilines is 1. The Bertz CT molecular complexity index is 1780. The van der Waals surface area contributed by atoms with Gasteiger partial charge in [-0.05, 0) is 61.4 Å². The number of ether oxygens (including phenoxy) is 2. The third-order valence-electron chi connectivity index (χ3n) is 8.51. The van der Waals surface area contributed by atoms with Gasteiger partial charge in [-0.15, -0.1) is 0 Å². The number of nitriles is 1. The Balaban J connectivity index is 1.80. The molecule has 4 aromatic rings. The van der Waals surface area contributed by atoms with Crippen molar-refractivity contribution in [1.82, 2.24) is 4.90 Å². The molecule has 0 aliphatic carbocycles. The van der Waals surface area contributed by atoms with E-state index in [0.29, 0.717) is 39.4 Å². The van der Waals surface area contributed by atoms with Crippen LogP contribution in [0, 0.1) is 24.2 Å². The van der Waals surface area contributed by atoms with E-state index in [-0.39, 0.29) is 5.78 Å². The first-order valence-electron chi connectivity index (χ1n) is 14.4. The van der Waals surface area contributed by atoms with E-state index in [0.717, 1.165) is 5.56 Å². The van der Waals surface area contributed by atoms with Crippen LogP contribution < -0.4 is 14.8 Å². The number of likely N-dealkylation sites (tertiary alicyclic amines) is 1. The maximum atomic E-state index is 14.7. The molecule has 1 saturated heterocycles. The number of nitrogens with zero attached hydrogens (tertiary/aromatic N) is 2. The van der Waals surface area contributed by atoms with Crippen molar-refractivity contribution in [2.45, 2.75) is 31.3 Å². The van der Waals surface area contributed by atoms with Crippen molar-refractivity contribution in [3.63, 3.8) is 0 Å². The number of para-hydroxylation sites is 1. The molecule has 228 valence electrons. The van der Waals surface area contributed by atoms with Gasteiger partial charge in [0.15, 0.2) is 17.3 Å². The summed E-state index contributed by atoms with van der Waals surface area (Å²) in [6.07, 6.45) is 0. The fourth-order valence-corrected chi connectivity index (χ4v) is 6.39. The number of hydrogen-bond acceptors (Lipinski definition) is 6. The zero-order chi connectivity index (χ0) is 32.3. The Morgan fingerprint density at radius 1 is 0.867 bits per heavy atom. The fraction of sp³-hybridized carbons (Fsp3) is 0.222. The number of ketones is 1.